The van der Waals surface area contributed by atoms with Crippen LogP contribution in [0.1, 0.15) is 37.7 Å². The summed E-state index contributed by atoms with van der Waals surface area (Å²) in [6.07, 6.45) is 1.64. The van der Waals surface area contributed by atoms with Crippen LogP contribution in [0.2, 0.25) is 0 Å². The van der Waals surface area contributed by atoms with Gasteiger partial charge in [-0.25, -0.2) is 5.01 Å². The first-order chi connectivity index (χ1) is 10.1. The van der Waals surface area contributed by atoms with E-state index in [4.69, 9.17) is 0 Å². The Bertz CT molecular complexity index is 540. The number of nitrogens with one attached hydrogen (secondary N) is 1. The van der Waals surface area contributed by atoms with Crippen LogP contribution in [0.15, 0.2) is 35.4 Å². The van der Waals surface area contributed by atoms with E-state index in [1.54, 1.807) is 7.05 Å². The zero-order chi connectivity index (χ0) is 15.2. The second-order valence-corrected chi connectivity index (χ2v) is 5.32. The minimum Gasteiger partial charge on any atom is -0.351 e. The van der Waals surface area contributed by atoms with E-state index in [1.807, 2.05) is 18.2 Å². The first-order valence-corrected chi connectivity index (χ1v) is 7.25. The Morgan fingerprint density at radius 1 is 1.33 bits per heavy atom. The maximum absolute atomic E-state index is 12.0. The van der Waals surface area contributed by atoms with Crippen molar-refractivity contribution in [1.29, 1.82) is 0 Å². The fraction of sp³-hybridized carbons (Fsp3) is 0.438. The smallest absolute Gasteiger partial charge is 0.267 e. The summed E-state index contributed by atoms with van der Waals surface area (Å²) in [7, 11) is 1.58. The Balaban J connectivity index is 1.80. The van der Waals surface area contributed by atoms with Crippen molar-refractivity contribution in [2.45, 2.75) is 32.1 Å². The molecule has 0 bridgehead atoms. The summed E-state index contributed by atoms with van der Waals surface area (Å²) in [5.74, 6) is 0.169. The van der Waals surface area contributed by atoms with E-state index in [2.05, 4.69) is 29.5 Å². The van der Waals surface area contributed by atoms with Crippen molar-refractivity contribution in [2.75, 3.05) is 13.6 Å². The van der Waals surface area contributed by atoms with Crippen LogP contribution in [-0.2, 0) is 9.59 Å². The molecule has 2 amide bonds. The van der Waals surface area contributed by atoms with Gasteiger partial charge in [-0.2, -0.15) is 5.10 Å². The number of hydrogen-bond acceptors (Lipinski definition) is 3. The first kappa shape index (κ1) is 15.2. The van der Waals surface area contributed by atoms with Crippen molar-refractivity contribution in [1.82, 2.24) is 10.3 Å². The topological polar surface area (TPSA) is 61.8 Å². The van der Waals surface area contributed by atoms with Crippen LogP contribution in [-0.4, -0.2) is 36.1 Å². The minimum atomic E-state index is -0.172. The van der Waals surface area contributed by atoms with Gasteiger partial charge in [0.1, 0.15) is 5.71 Å². The molecule has 21 heavy (non-hydrogen) atoms. The molecule has 0 radical (unpaired) electrons. The number of amides is 2. The molecule has 1 atom stereocenters. The van der Waals surface area contributed by atoms with Gasteiger partial charge in [0.15, 0.2) is 0 Å². The summed E-state index contributed by atoms with van der Waals surface area (Å²) in [6.45, 7) is 2.75. The molecule has 1 aliphatic heterocycles. The third-order valence-electron chi connectivity index (χ3n) is 3.70. The molecular formula is C16H21N3O2. The van der Waals surface area contributed by atoms with Gasteiger partial charge in [0, 0.05) is 26.4 Å². The van der Waals surface area contributed by atoms with Gasteiger partial charge < -0.3 is 5.32 Å². The molecule has 0 saturated carbocycles. The fourth-order valence-corrected chi connectivity index (χ4v) is 2.29. The molecule has 0 aromatic heterocycles. The fourth-order valence-electron chi connectivity index (χ4n) is 2.29. The van der Waals surface area contributed by atoms with E-state index in [1.165, 1.54) is 10.6 Å². The van der Waals surface area contributed by atoms with E-state index in [-0.39, 0.29) is 11.8 Å². The lowest BCUT2D eigenvalue weighted by Gasteiger charge is -2.19. The van der Waals surface area contributed by atoms with E-state index in [9.17, 15) is 9.59 Å². The van der Waals surface area contributed by atoms with Crippen molar-refractivity contribution < 1.29 is 9.59 Å². The van der Waals surface area contributed by atoms with E-state index in [0.717, 1.165) is 6.42 Å². The number of carbonyl (C=O) groups is 2. The molecule has 0 fully saturated rings. The van der Waals surface area contributed by atoms with Gasteiger partial charge in [-0.1, -0.05) is 37.3 Å². The molecule has 112 valence electrons. The molecule has 0 spiro atoms. The normalized spacial score (nSPS) is 16.4. The molecule has 2 rings (SSSR count). The maximum Gasteiger partial charge on any atom is 0.267 e. The SMILES string of the molecule is C[C@H](CCNC(=O)C1=NN(C)C(=O)CC1)c1ccccc1. The Morgan fingerprint density at radius 3 is 2.71 bits per heavy atom. The van der Waals surface area contributed by atoms with Crippen molar-refractivity contribution in [3.05, 3.63) is 35.9 Å². The molecule has 0 aliphatic carbocycles. The number of hydrazone groups is 1. The van der Waals surface area contributed by atoms with E-state index in [0.29, 0.717) is 31.0 Å². The molecule has 1 aromatic carbocycles. The number of hydrogen-bond donors (Lipinski definition) is 1. The summed E-state index contributed by atoms with van der Waals surface area (Å²) in [5.41, 5.74) is 1.71. The van der Waals surface area contributed by atoms with Crippen molar-refractivity contribution in [2.24, 2.45) is 5.10 Å². The van der Waals surface area contributed by atoms with Crippen molar-refractivity contribution >= 4 is 17.5 Å². The molecule has 1 heterocycles. The van der Waals surface area contributed by atoms with Gasteiger partial charge in [-0.15, -0.1) is 0 Å². The van der Waals surface area contributed by atoms with Crippen LogP contribution >= 0.6 is 0 Å². The molecule has 0 unspecified atom stereocenters. The van der Waals surface area contributed by atoms with Gasteiger partial charge in [0.2, 0.25) is 5.91 Å². The summed E-state index contributed by atoms with van der Waals surface area (Å²) in [6, 6.07) is 10.2. The van der Waals surface area contributed by atoms with Gasteiger partial charge in [0.05, 0.1) is 0 Å². The maximum atomic E-state index is 12.0. The number of rotatable bonds is 5. The number of nitrogens with zero attached hydrogens (tertiary/aromatic N) is 2. The second kappa shape index (κ2) is 7.02. The van der Waals surface area contributed by atoms with Gasteiger partial charge in [-0.3, -0.25) is 9.59 Å². The van der Waals surface area contributed by atoms with Crippen LogP contribution < -0.4 is 5.32 Å². The Kier molecular flexibility index (Phi) is 5.09. The van der Waals surface area contributed by atoms with Crippen molar-refractivity contribution in [3.63, 3.8) is 0 Å². The highest BCUT2D eigenvalue weighted by molar-refractivity contribution is 6.39. The average molecular weight is 287 g/mol. The highest BCUT2D eigenvalue weighted by Crippen LogP contribution is 2.17. The van der Waals surface area contributed by atoms with Crippen LogP contribution in [0.3, 0.4) is 0 Å². The monoisotopic (exact) mass is 287 g/mol. The van der Waals surface area contributed by atoms with Crippen LogP contribution in [0.25, 0.3) is 0 Å². The first-order valence-electron chi connectivity index (χ1n) is 7.25. The highest BCUT2D eigenvalue weighted by atomic mass is 16.2. The zero-order valence-corrected chi connectivity index (χ0v) is 12.5. The van der Waals surface area contributed by atoms with Gasteiger partial charge >= 0.3 is 0 Å². The Hall–Kier alpha value is -2.17. The highest BCUT2D eigenvalue weighted by Gasteiger charge is 2.21. The minimum absolute atomic E-state index is 0.0516. The van der Waals surface area contributed by atoms with Gasteiger partial charge in [0.25, 0.3) is 5.91 Å². The lowest BCUT2D eigenvalue weighted by atomic mass is 9.98. The molecule has 1 N–H and O–H groups in total. The number of benzene rings is 1. The summed E-state index contributed by atoms with van der Waals surface area (Å²) < 4.78 is 0. The Morgan fingerprint density at radius 2 is 2.05 bits per heavy atom. The number of carbonyl (C=O) groups excluding carboxylic acids is 2. The second-order valence-electron chi connectivity index (χ2n) is 5.32. The van der Waals surface area contributed by atoms with Crippen LogP contribution in [0.5, 0.6) is 0 Å². The standard InChI is InChI=1S/C16H21N3O2/c1-12(13-6-4-3-5-7-13)10-11-17-16(21)14-8-9-15(20)19(2)18-14/h3-7,12H,8-11H2,1-2H3,(H,17,21)/t12-/m1/s1. The predicted octanol–water partition coefficient (Wildman–Crippen LogP) is 1.90. The van der Waals surface area contributed by atoms with Gasteiger partial charge in [-0.05, 0) is 17.9 Å². The third-order valence-corrected chi connectivity index (χ3v) is 3.70. The van der Waals surface area contributed by atoms with Crippen LogP contribution in [0.4, 0.5) is 0 Å². The molecule has 5 nitrogen and oxygen atoms in total. The molecule has 5 heteroatoms. The predicted molar refractivity (Wildman–Crippen MR) is 81.9 cm³/mol. The largest absolute Gasteiger partial charge is 0.351 e. The quantitative estimate of drug-likeness (QED) is 0.899. The molecular weight excluding hydrogens is 266 g/mol. The van der Waals surface area contributed by atoms with Crippen LogP contribution in [0, 0.1) is 0 Å². The third kappa shape index (κ3) is 4.15. The van der Waals surface area contributed by atoms with E-state index < -0.39 is 0 Å². The molecule has 1 aromatic rings. The average Bonchev–Trinajstić information content (AvgIpc) is 2.50. The summed E-state index contributed by atoms with van der Waals surface area (Å²) in [4.78, 5) is 23.3. The van der Waals surface area contributed by atoms with Crippen molar-refractivity contribution in [3.8, 4) is 0 Å². The zero-order valence-electron chi connectivity index (χ0n) is 12.5. The molecule has 1 aliphatic rings. The Labute approximate surface area is 125 Å². The molecule has 0 saturated heterocycles. The lowest BCUT2D eigenvalue weighted by Crippen LogP contribution is -2.38. The summed E-state index contributed by atoms with van der Waals surface area (Å²) in [5, 5.41) is 8.13. The lowest BCUT2D eigenvalue weighted by molar-refractivity contribution is -0.130. The summed E-state index contributed by atoms with van der Waals surface area (Å²) >= 11 is 0. The van der Waals surface area contributed by atoms with E-state index >= 15 is 0 Å².